The number of pyridine rings is 1. The zero-order chi connectivity index (χ0) is 14.1. The summed E-state index contributed by atoms with van der Waals surface area (Å²) in [5.41, 5.74) is 3.12. The van der Waals surface area contributed by atoms with E-state index in [-0.39, 0.29) is 6.10 Å². The molecule has 3 heterocycles. The van der Waals surface area contributed by atoms with Crippen LogP contribution in [-0.4, -0.2) is 51.8 Å². The van der Waals surface area contributed by atoms with Crippen LogP contribution in [0.25, 0.3) is 11.2 Å². The van der Waals surface area contributed by atoms with Crippen LogP contribution in [0.4, 0.5) is 0 Å². The number of aromatic amines is 1. The summed E-state index contributed by atoms with van der Waals surface area (Å²) in [6.45, 7) is 8.84. The van der Waals surface area contributed by atoms with Crippen LogP contribution < -0.4 is 0 Å². The number of aryl methyl sites for hydroxylation is 1. The van der Waals surface area contributed by atoms with Crippen molar-refractivity contribution >= 4 is 23.4 Å². The molecule has 2 aromatic rings. The molecule has 1 saturated heterocycles. The maximum atomic E-state index is 5.87. The lowest BCUT2D eigenvalue weighted by molar-refractivity contribution is -0.0340. The Kier molecular flexibility index (Phi) is 3.87. The van der Waals surface area contributed by atoms with Crippen LogP contribution in [0.15, 0.2) is 12.3 Å². The molecule has 0 radical (unpaired) electrons. The van der Waals surface area contributed by atoms with Crippen molar-refractivity contribution in [2.45, 2.75) is 26.5 Å². The molecule has 1 aliphatic rings. The van der Waals surface area contributed by atoms with Crippen molar-refractivity contribution < 1.29 is 4.74 Å². The number of morpholine rings is 1. The summed E-state index contributed by atoms with van der Waals surface area (Å²) in [7, 11) is 0. The predicted molar refractivity (Wildman–Crippen MR) is 81.5 cm³/mol. The Morgan fingerprint density at radius 2 is 2.40 bits per heavy atom. The van der Waals surface area contributed by atoms with Crippen molar-refractivity contribution in [1.82, 2.24) is 19.4 Å². The highest BCUT2D eigenvalue weighted by Crippen LogP contribution is 2.17. The van der Waals surface area contributed by atoms with Crippen LogP contribution in [0.1, 0.15) is 12.5 Å². The quantitative estimate of drug-likeness (QED) is 0.880. The fourth-order valence-electron chi connectivity index (χ4n) is 2.72. The SMILES string of the molecule is CCN1CCOC(Cn2c(=S)[nH]c3c(C)ccnc32)C1. The number of hydrogen-bond acceptors (Lipinski definition) is 4. The summed E-state index contributed by atoms with van der Waals surface area (Å²) >= 11 is 5.44. The van der Waals surface area contributed by atoms with E-state index < -0.39 is 0 Å². The molecule has 6 heteroatoms. The molecule has 108 valence electrons. The Morgan fingerprint density at radius 3 is 3.20 bits per heavy atom. The van der Waals surface area contributed by atoms with Crippen molar-refractivity contribution in [1.29, 1.82) is 0 Å². The minimum Gasteiger partial charge on any atom is -0.374 e. The first-order valence-corrected chi connectivity index (χ1v) is 7.48. The van der Waals surface area contributed by atoms with Crippen LogP contribution in [0, 0.1) is 11.7 Å². The summed E-state index contributed by atoms with van der Waals surface area (Å²) in [6.07, 6.45) is 2.01. The average Bonchev–Trinajstić information content (AvgIpc) is 2.78. The van der Waals surface area contributed by atoms with Crippen molar-refractivity contribution in [3.8, 4) is 0 Å². The molecule has 1 atom stereocenters. The van der Waals surface area contributed by atoms with Crippen LogP contribution in [0.3, 0.4) is 0 Å². The van der Waals surface area contributed by atoms with E-state index in [0.29, 0.717) is 0 Å². The fraction of sp³-hybridized carbons (Fsp3) is 0.571. The summed E-state index contributed by atoms with van der Waals surface area (Å²) < 4.78 is 8.65. The standard InChI is InChI=1S/C14H20N4OS/c1-3-17-6-7-19-11(8-17)9-18-13-12(16-14(18)20)10(2)4-5-15-13/h4-5,11H,3,6-9H2,1-2H3,(H,16,20). The van der Waals surface area contributed by atoms with Crippen molar-refractivity contribution in [2.75, 3.05) is 26.2 Å². The lowest BCUT2D eigenvalue weighted by Crippen LogP contribution is -2.43. The Morgan fingerprint density at radius 1 is 1.55 bits per heavy atom. The van der Waals surface area contributed by atoms with E-state index in [9.17, 15) is 0 Å². The molecule has 0 bridgehead atoms. The smallest absolute Gasteiger partial charge is 0.179 e. The van der Waals surface area contributed by atoms with Gasteiger partial charge in [0.15, 0.2) is 10.4 Å². The van der Waals surface area contributed by atoms with Crippen LogP contribution in [0.5, 0.6) is 0 Å². The van der Waals surface area contributed by atoms with Gasteiger partial charge in [0, 0.05) is 19.3 Å². The lowest BCUT2D eigenvalue weighted by Gasteiger charge is -2.32. The monoisotopic (exact) mass is 292 g/mol. The number of imidazole rings is 1. The van der Waals surface area contributed by atoms with E-state index in [4.69, 9.17) is 17.0 Å². The van der Waals surface area contributed by atoms with Crippen molar-refractivity contribution in [3.05, 3.63) is 22.6 Å². The van der Waals surface area contributed by atoms with E-state index in [1.165, 1.54) is 5.56 Å². The van der Waals surface area contributed by atoms with Gasteiger partial charge < -0.3 is 9.72 Å². The van der Waals surface area contributed by atoms with E-state index in [1.54, 1.807) is 0 Å². The first-order valence-electron chi connectivity index (χ1n) is 7.07. The summed E-state index contributed by atoms with van der Waals surface area (Å²) in [5.74, 6) is 0. The zero-order valence-electron chi connectivity index (χ0n) is 11.9. The first kappa shape index (κ1) is 13.7. The third-order valence-corrected chi connectivity index (χ3v) is 4.25. The Bertz CT molecular complexity index is 663. The summed E-state index contributed by atoms with van der Waals surface area (Å²) in [4.78, 5) is 10.1. The molecule has 0 saturated carbocycles. The van der Waals surface area contributed by atoms with Gasteiger partial charge in [-0.15, -0.1) is 0 Å². The van der Waals surface area contributed by atoms with Crippen molar-refractivity contribution in [3.63, 3.8) is 0 Å². The summed E-state index contributed by atoms with van der Waals surface area (Å²) in [6, 6.07) is 1.99. The molecule has 2 aromatic heterocycles. The molecule has 1 N–H and O–H groups in total. The number of ether oxygens (including phenoxy) is 1. The van der Waals surface area contributed by atoms with Crippen molar-refractivity contribution in [2.24, 2.45) is 0 Å². The number of likely N-dealkylation sites (N-methyl/N-ethyl adjacent to an activating group) is 1. The van der Waals surface area contributed by atoms with Gasteiger partial charge in [0.05, 0.1) is 24.8 Å². The normalized spacial score (nSPS) is 20.6. The maximum Gasteiger partial charge on any atom is 0.179 e. The maximum absolute atomic E-state index is 5.87. The number of hydrogen-bond donors (Lipinski definition) is 1. The summed E-state index contributed by atoms with van der Waals surface area (Å²) in [5, 5.41) is 0. The highest BCUT2D eigenvalue weighted by atomic mass is 32.1. The van der Waals surface area contributed by atoms with Gasteiger partial charge >= 0.3 is 0 Å². The highest BCUT2D eigenvalue weighted by molar-refractivity contribution is 7.71. The number of aromatic nitrogens is 3. The molecule has 0 spiro atoms. The van der Waals surface area contributed by atoms with Gasteiger partial charge in [-0.05, 0) is 37.3 Å². The molecular formula is C14H20N4OS. The van der Waals surface area contributed by atoms with E-state index in [2.05, 4.69) is 33.3 Å². The van der Waals surface area contributed by atoms with E-state index in [0.717, 1.165) is 48.7 Å². The average molecular weight is 292 g/mol. The van der Waals surface area contributed by atoms with Crippen LogP contribution in [-0.2, 0) is 11.3 Å². The zero-order valence-corrected chi connectivity index (χ0v) is 12.7. The largest absolute Gasteiger partial charge is 0.374 e. The molecule has 0 amide bonds. The third-order valence-electron chi connectivity index (χ3n) is 3.93. The van der Waals surface area contributed by atoms with Gasteiger partial charge in [-0.3, -0.25) is 9.47 Å². The highest BCUT2D eigenvalue weighted by Gasteiger charge is 2.21. The molecule has 0 aromatic carbocycles. The second-order valence-corrected chi connectivity index (χ2v) is 5.64. The fourth-order valence-corrected chi connectivity index (χ4v) is 2.99. The van der Waals surface area contributed by atoms with Crippen LogP contribution >= 0.6 is 12.2 Å². The number of nitrogens with zero attached hydrogens (tertiary/aromatic N) is 3. The van der Waals surface area contributed by atoms with Gasteiger partial charge in [0.1, 0.15) is 0 Å². The lowest BCUT2D eigenvalue weighted by atomic mass is 10.2. The Labute approximate surface area is 123 Å². The second kappa shape index (κ2) is 5.63. The molecule has 0 aliphatic carbocycles. The van der Waals surface area contributed by atoms with Crippen LogP contribution in [0.2, 0.25) is 0 Å². The molecule has 5 nitrogen and oxygen atoms in total. The molecule has 1 fully saturated rings. The van der Waals surface area contributed by atoms with Gasteiger partial charge in [-0.2, -0.15) is 0 Å². The molecule has 3 rings (SSSR count). The predicted octanol–water partition coefficient (Wildman–Crippen LogP) is 2.12. The third kappa shape index (κ3) is 2.51. The van der Waals surface area contributed by atoms with Gasteiger partial charge in [-0.1, -0.05) is 6.92 Å². The van der Waals surface area contributed by atoms with E-state index in [1.807, 2.05) is 12.3 Å². The van der Waals surface area contributed by atoms with Gasteiger partial charge in [0.25, 0.3) is 0 Å². The second-order valence-electron chi connectivity index (χ2n) is 5.25. The molecular weight excluding hydrogens is 272 g/mol. The first-order chi connectivity index (χ1) is 9.69. The van der Waals surface area contributed by atoms with Gasteiger partial charge in [0.2, 0.25) is 0 Å². The minimum atomic E-state index is 0.178. The molecule has 1 unspecified atom stereocenters. The topological polar surface area (TPSA) is 46.1 Å². The number of H-pyrrole nitrogens is 1. The number of rotatable bonds is 3. The minimum absolute atomic E-state index is 0.178. The van der Waals surface area contributed by atoms with Gasteiger partial charge in [-0.25, -0.2) is 4.98 Å². The van der Waals surface area contributed by atoms with E-state index >= 15 is 0 Å². The molecule has 20 heavy (non-hydrogen) atoms. The number of fused-ring (bicyclic) bond motifs is 1. The Balaban J connectivity index is 1.89. The molecule has 1 aliphatic heterocycles. The number of nitrogens with one attached hydrogen (secondary N) is 1. The Hall–Kier alpha value is -1.24.